The molecule has 0 aliphatic rings. The van der Waals surface area contributed by atoms with Crippen molar-refractivity contribution in [1.29, 1.82) is 0 Å². The summed E-state index contributed by atoms with van der Waals surface area (Å²) < 4.78 is 0. The zero-order chi connectivity index (χ0) is 12.1. The maximum absolute atomic E-state index is 12.0. The van der Waals surface area contributed by atoms with Crippen LogP contribution in [0.2, 0.25) is 10.0 Å². The first kappa shape index (κ1) is 13.8. The Morgan fingerprint density at radius 2 is 2.12 bits per heavy atom. The zero-order valence-corrected chi connectivity index (χ0v) is 11.9. The van der Waals surface area contributed by atoms with Crippen LogP contribution in [0.15, 0.2) is 18.2 Å². The number of alkyl halides is 1. The van der Waals surface area contributed by atoms with Gasteiger partial charge in [-0.3, -0.25) is 4.79 Å². The van der Waals surface area contributed by atoms with Gasteiger partial charge < -0.3 is 4.90 Å². The number of amides is 1. The van der Waals surface area contributed by atoms with E-state index in [1.807, 2.05) is 0 Å². The third-order valence-electron chi connectivity index (χ3n) is 2.13. The van der Waals surface area contributed by atoms with E-state index in [1.165, 1.54) is 0 Å². The Balaban J connectivity index is 2.83. The van der Waals surface area contributed by atoms with Gasteiger partial charge in [-0.05, 0) is 24.6 Å². The van der Waals surface area contributed by atoms with Crippen molar-refractivity contribution < 1.29 is 4.79 Å². The van der Waals surface area contributed by atoms with Crippen molar-refractivity contribution in [3.05, 3.63) is 33.8 Å². The van der Waals surface area contributed by atoms with Gasteiger partial charge in [0.15, 0.2) is 0 Å². The van der Waals surface area contributed by atoms with Gasteiger partial charge in [0.25, 0.3) is 5.91 Å². The first-order chi connectivity index (χ1) is 7.56. The number of rotatable bonds is 4. The number of hydrogen-bond acceptors (Lipinski definition) is 1. The van der Waals surface area contributed by atoms with E-state index in [0.717, 1.165) is 11.8 Å². The van der Waals surface area contributed by atoms with Gasteiger partial charge in [0.2, 0.25) is 0 Å². The molecule has 0 atom stereocenters. The first-order valence-electron chi connectivity index (χ1n) is 4.82. The number of carbonyl (C=O) groups is 1. The molecule has 0 aliphatic carbocycles. The van der Waals surface area contributed by atoms with Crippen LogP contribution >= 0.6 is 39.1 Å². The smallest absolute Gasteiger partial charge is 0.255 e. The Hall–Kier alpha value is -0.250. The van der Waals surface area contributed by atoms with Crippen molar-refractivity contribution in [2.75, 3.05) is 18.9 Å². The number of benzene rings is 1. The van der Waals surface area contributed by atoms with Gasteiger partial charge in [-0.15, -0.1) is 0 Å². The molecule has 0 bridgehead atoms. The number of halogens is 3. The lowest BCUT2D eigenvalue weighted by Gasteiger charge is -2.17. The molecular weight excluding hydrogens is 313 g/mol. The SMILES string of the molecule is CN(CCCBr)C(=O)c1cc(Cl)ccc1Cl. The summed E-state index contributed by atoms with van der Waals surface area (Å²) in [5.74, 6) is -0.103. The highest BCUT2D eigenvalue weighted by molar-refractivity contribution is 9.09. The fourth-order valence-corrected chi connectivity index (χ4v) is 1.89. The molecule has 0 unspecified atom stereocenters. The van der Waals surface area contributed by atoms with Gasteiger partial charge in [0.1, 0.15) is 0 Å². The minimum Gasteiger partial charge on any atom is -0.342 e. The monoisotopic (exact) mass is 323 g/mol. The average molecular weight is 325 g/mol. The quantitative estimate of drug-likeness (QED) is 0.770. The molecule has 0 radical (unpaired) electrons. The van der Waals surface area contributed by atoms with Gasteiger partial charge >= 0.3 is 0 Å². The summed E-state index contributed by atoms with van der Waals surface area (Å²) in [4.78, 5) is 13.6. The lowest BCUT2D eigenvalue weighted by molar-refractivity contribution is 0.0796. The molecular formula is C11H12BrCl2NO. The second-order valence-corrected chi connectivity index (χ2v) is 5.03. The molecule has 1 aromatic carbocycles. The minimum absolute atomic E-state index is 0.103. The molecule has 0 saturated carbocycles. The van der Waals surface area contributed by atoms with Crippen molar-refractivity contribution in [2.45, 2.75) is 6.42 Å². The lowest BCUT2D eigenvalue weighted by atomic mass is 10.2. The van der Waals surface area contributed by atoms with E-state index in [4.69, 9.17) is 23.2 Å². The van der Waals surface area contributed by atoms with Crippen LogP contribution in [0.5, 0.6) is 0 Å². The van der Waals surface area contributed by atoms with Crippen LogP contribution in [0.3, 0.4) is 0 Å². The Labute approximate surface area is 114 Å². The standard InChI is InChI=1S/C11H12BrCl2NO/c1-15(6-2-5-12)11(16)9-7-8(13)3-4-10(9)14/h3-4,7H,2,5-6H2,1H3. The third kappa shape index (κ3) is 3.65. The Morgan fingerprint density at radius 3 is 2.75 bits per heavy atom. The molecule has 5 heteroatoms. The molecule has 88 valence electrons. The van der Waals surface area contributed by atoms with Crippen LogP contribution in [0.1, 0.15) is 16.8 Å². The number of hydrogen-bond donors (Lipinski definition) is 0. The summed E-state index contributed by atoms with van der Waals surface area (Å²) in [6.45, 7) is 0.687. The summed E-state index contributed by atoms with van der Waals surface area (Å²) in [6, 6.07) is 4.89. The fourth-order valence-electron chi connectivity index (χ4n) is 1.27. The summed E-state index contributed by atoms with van der Waals surface area (Å²) >= 11 is 15.1. The molecule has 2 nitrogen and oxygen atoms in total. The summed E-state index contributed by atoms with van der Waals surface area (Å²) in [7, 11) is 1.75. The van der Waals surface area contributed by atoms with Crippen LogP contribution in [-0.4, -0.2) is 29.7 Å². The fraction of sp³-hybridized carbons (Fsp3) is 0.364. The second-order valence-electron chi connectivity index (χ2n) is 3.39. The van der Waals surface area contributed by atoms with E-state index in [0.29, 0.717) is 22.2 Å². The number of carbonyl (C=O) groups excluding carboxylic acids is 1. The lowest BCUT2D eigenvalue weighted by Crippen LogP contribution is -2.28. The maximum Gasteiger partial charge on any atom is 0.255 e. The predicted molar refractivity (Wildman–Crippen MR) is 71.8 cm³/mol. The molecule has 1 aromatic rings. The Bertz CT molecular complexity index is 384. The molecule has 0 spiro atoms. The molecule has 16 heavy (non-hydrogen) atoms. The second kappa shape index (κ2) is 6.48. The van der Waals surface area contributed by atoms with E-state index in [9.17, 15) is 4.79 Å². The summed E-state index contributed by atoms with van der Waals surface area (Å²) in [6.07, 6.45) is 0.903. The summed E-state index contributed by atoms with van der Waals surface area (Å²) in [5, 5.41) is 1.81. The predicted octanol–water partition coefficient (Wildman–Crippen LogP) is 3.85. The first-order valence-corrected chi connectivity index (χ1v) is 6.70. The molecule has 1 amide bonds. The van der Waals surface area contributed by atoms with Crippen molar-refractivity contribution in [3.63, 3.8) is 0 Å². The van der Waals surface area contributed by atoms with E-state index < -0.39 is 0 Å². The van der Waals surface area contributed by atoms with E-state index in [1.54, 1.807) is 30.1 Å². The highest BCUT2D eigenvalue weighted by Gasteiger charge is 2.14. The highest BCUT2D eigenvalue weighted by atomic mass is 79.9. The molecule has 0 saturated heterocycles. The van der Waals surface area contributed by atoms with Crippen molar-refractivity contribution >= 4 is 45.0 Å². The number of nitrogens with zero attached hydrogens (tertiary/aromatic N) is 1. The highest BCUT2D eigenvalue weighted by Crippen LogP contribution is 2.21. The van der Waals surface area contributed by atoms with Crippen LogP contribution in [0.25, 0.3) is 0 Å². The van der Waals surface area contributed by atoms with Gasteiger partial charge in [-0.1, -0.05) is 39.1 Å². The minimum atomic E-state index is -0.103. The molecule has 0 N–H and O–H groups in total. The van der Waals surface area contributed by atoms with Crippen LogP contribution < -0.4 is 0 Å². The van der Waals surface area contributed by atoms with Crippen LogP contribution in [-0.2, 0) is 0 Å². The van der Waals surface area contributed by atoms with Gasteiger partial charge in [0, 0.05) is 23.9 Å². The molecule has 1 rings (SSSR count). The largest absolute Gasteiger partial charge is 0.342 e. The van der Waals surface area contributed by atoms with E-state index >= 15 is 0 Å². The average Bonchev–Trinajstić information content (AvgIpc) is 2.28. The zero-order valence-electron chi connectivity index (χ0n) is 8.84. The van der Waals surface area contributed by atoms with Crippen molar-refractivity contribution in [2.24, 2.45) is 0 Å². The van der Waals surface area contributed by atoms with Crippen molar-refractivity contribution in [3.8, 4) is 0 Å². The Morgan fingerprint density at radius 1 is 1.44 bits per heavy atom. The molecule has 0 aliphatic heterocycles. The van der Waals surface area contributed by atoms with Gasteiger partial charge in [0.05, 0.1) is 10.6 Å². The topological polar surface area (TPSA) is 20.3 Å². The summed E-state index contributed by atoms with van der Waals surface area (Å²) in [5.41, 5.74) is 0.450. The van der Waals surface area contributed by atoms with E-state index in [2.05, 4.69) is 15.9 Å². The molecule has 0 fully saturated rings. The van der Waals surface area contributed by atoms with Crippen LogP contribution in [0.4, 0.5) is 0 Å². The normalized spacial score (nSPS) is 10.2. The third-order valence-corrected chi connectivity index (χ3v) is 3.26. The van der Waals surface area contributed by atoms with Gasteiger partial charge in [-0.2, -0.15) is 0 Å². The molecule has 0 aromatic heterocycles. The van der Waals surface area contributed by atoms with Crippen molar-refractivity contribution in [1.82, 2.24) is 4.90 Å². The van der Waals surface area contributed by atoms with E-state index in [-0.39, 0.29) is 5.91 Å². The van der Waals surface area contributed by atoms with Gasteiger partial charge in [-0.25, -0.2) is 0 Å². The molecule has 0 heterocycles. The maximum atomic E-state index is 12.0. The van der Waals surface area contributed by atoms with Crippen LogP contribution in [0, 0.1) is 0 Å². The Kier molecular flexibility index (Phi) is 5.59.